The lowest BCUT2D eigenvalue weighted by atomic mass is 10.2. The molecule has 0 radical (unpaired) electrons. The summed E-state index contributed by atoms with van der Waals surface area (Å²) in [5.74, 6) is 0.152. The molecule has 6 heteroatoms. The van der Waals surface area contributed by atoms with E-state index in [2.05, 4.69) is 22.4 Å². The summed E-state index contributed by atoms with van der Waals surface area (Å²) >= 11 is 1.36. The van der Waals surface area contributed by atoms with Gasteiger partial charge in [-0.2, -0.15) is 0 Å². The molecule has 1 heterocycles. The molecule has 0 bridgehead atoms. The van der Waals surface area contributed by atoms with Crippen molar-refractivity contribution in [2.24, 2.45) is 0 Å². The third-order valence-electron chi connectivity index (χ3n) is 2.50. The monoisotopic (exact) mass is 281 g/mol. The first-order valence-electron chi connectivity index (χ1n) is 6.16. The van der Waals surface area contributed by atoms with Crippen LogP contribution >= 0.6 is 11.3 Å². The fraction of sp³-hybridized carbons (Fsp3) is 0.385. The highest BCUT2D eigenvalue weighted by molar-refractivity contribution is 7.13. The van der Waals surface area contributed by atoms with Gasteiger partial charge in [-0.25, -0.2) is 4.39 Å². The Bertz CT molecular complexity index is 544. The molecule has 0 fully saturated rings. The second-order valence-electron chi connectivity index (χ2n) is 4.15. The number of nitrogens with one attached hydrogen (secondary N) is 1. The Morgan fingerprint density at radius 2 is 2.21 bits per heavy atom. The summed E-state index contributed by atoms with van der Waals surface area (Å²) in [6.45, 7) is 5.44. The van der Waals surface area contributed by atoms with Gasteiger partial charge in [0.25, 0.3) is 5.19 Å². The molecule has 0 spiro atoms. The molecule has 2 rings (SSSR count). The van der Waals surface area contributed by atoms with Crippen molar-refractivity contribution in [1.29, 1.82) is 0 Å². The van der Waals surface area contributed by atoms with Crippen LogP contribution in [0.5, 0.6) is 10.9 Å². The Kier molecular flexibility index (Phi) is 4.81. The molecule has 0 aliphatic carbocycles. The SMILES string of the molecule is CCCNCc1nnc(Oc2ccc(C)c(F)c2)s1. The quantitative estimate of drug-likeness (QED) is 0.825. The number of ether oxygens (including phenoxy) is 1. The van der Waals surface area contributed by atoms with Crippen molar-refractivity contribution in [2.75, 3.05) is 6.54 Å². The molecule has 0 unspecified atom stereocenters. The second kappa shape index (κ2) is 6.58. The van der Waals surface area contributed by atoms with Crippen molar-refractivity contribution in [2.45, 2.75) is 26.8 Å². The van der Waals surface area contributed by atoms with Crippen LogP contribution in [0.1, 0.15) is 23.9 Å². The largest absolute Gasteiger partial charge is 0.430 e. The molecule has 0 aliphatic rings. The van der Waals surface area contributed by atoms with E-state index in [0.29, 0.717) is 23.1 Å². The van der Waals surface area contributed by atoms with Crippen LogP contribution in [0.2, 0.25) is 0 Å². The van der Waals surface area contributed by atoms with Crippen molar-refractivity contribution in [3.63, 3.8) is 0 Å². The van der Waals surface area contributed by atoms with E-state index >= 15 is 0 Å². The molecule has 1 aromatic carbocycles. The number of hydrogen-bond donors (Lipinski definition) is 1. The zero-order chi connectivity index (χ0) is 13.7. The summed E-state index contributed by atoms with van der Waals surface area (Å²) < 4.78 is 18.8. The number of rotatable bonds is 6. The predicted octanol–water partition coefficient (Wildman–Crippen LogP) is 3.28. The van der Waals surface area contributed by atoms with Crippen LogP contribution in [0, 0.1) is 12.7 Å². The van der Waals surface area contributed by atoms with E-state index in [9.17, 15) is 4.39 Å². The fourth-order valence-corrected chi connectivity index (χ4v) is 2.14. The van der Waals surface area contributed by atoms with Crippen LogP contribution in [0.3, 0.4) is 0 Å². The average molecular weight is 281 g/mol. The number of halogens is 1. The molecular weight excluding hydrogens is 265 g/mol. The minimum atomic E-state index is -0.285. The second-order valence-corrected chi connectivity index (χ2v) is 5.18. The van der Waals surface area contributed by atoms with E-state index in [-0.39, 0.29) is 5.82 Å². The maximum atomic E-state index is 13.4. The van der Waals surface area contributed by atoms with Crippen LogP contribution in [-0.2, 0) is 6.54 Å². The van der Waals surface area contributed by atoms with Crippen LogP contribution in [0.4, 0.5) is 4.39 Å². The molecule has 19 heavy (non-hydrogen) atoms. The minimum absolute atomic E-state index is 0.285. The zero-order valence-electron chi connectivity index (χ0n) is 10.9. The maximum absolute atomic E-state index is 13.4. The summed E-state index contributed by atoms with van der Waals surface area (Å²) in [7, 11) is 0. The van der Waals surface area contributed by atoms with Gasteiger partial charge in [-0.3, -0.25) is 0 Å². The number of nitrogens with zero attached hydrogens (tertiary/aromatic N) is 2. The Labute approximate surface area is 115 Å². The highest BCUT2D eigenvalue weighted by Gasteiger charge is 2.07. The average Bonchev–Trinajstić information content (AvgIpc) is 2.82. The van der Waals surface area contributed by atoms with Gasteiger partial charge in [0.05, 0.1) is 0 Å². The number of aryl methyl sites for hydroxylation is 1. The fourth-order valence-electron chi connectivity index (χ4n) is 1.46. The highest BCUT2D eigenvalue weighted by Crippen LogP contribution is 2.26. The molecule has 2 aromatic rings. The van der Waals surface area contributed by atoms with Gasteiger partial charge in [0.1, 0.15) is 16.6 Å². The zero-order valence-corrected chi connectivity index (χ0v) is 11.8. The lowest BCUT2D eigenvalue weighted by Gasteiger charge is -2.02. The third kappa shape index (κ3) is 3.97. The molecule has 0 aliphatic heterocycles. The first kappa shape index (κ1) is 13.9. The molecule has 0 atom stereocenters. The summed E-state index contributed by atoms with van der Waals surface area (Å²) in [6, 6.07) is 4.75. The molecular formula is C13H16FN3OS. The lowest BCUT2D eigenvalue weighted by molar-refractivity contribution is 0.467. The Balaban J connectivity index is 1.97. The molecule has 4 nitrogen and oxygen atoms in total. The molecule has 0 amide bonds. The van der Waals surface area contributed by atoms with Crippen molar-refractivity contribution < 1.29 is 9.13 Å². The summed E-state index contributed by atoms with van der Waals surface area (Å²) in [5, 5.41) is 12.5. The van der Waals surface area contributed by atoms with Crippen LogP contribution in [-0.4, -0.2) is 16.7 Å². The summed E-state index contributed by atoms with van der Waals surface area (Å²) in [6.07, 6.45) is 1.07. The van der Waals surface area contributed by atoms with Gasteiger partial charge in [-0.15, -0.1) is 5.10 Å². The van der Waals surface area contributed by atoms with E-state index < -0.39 is 0 Å². The van der Waals surface area contributed by atoms with E-state index in [0.717, 1.165) is 18.0 Å². The van der Waals surface area contributed by atoms with Gasteiger partial charge < -0.3 is 10.1 Å². The van der Waals surface area contributed by atoms with Crippen LogP contribution in [0.15, 0.2) is 18.2 Å². The minimum Gasteiger partial charge on any atom is -0.430 e. The first-order valence-corrected chi connectivity index (χ1v) is 6.97. The Morgan fingerprint density at radius 1 is 1.37 bits per heavy atom. The smallest absolute Gasteiger partial charge is 0.299 e. The van der Waals surface area contributed by atoms with Gasteiger partial charge in [0.2, 0.25) is 0 Å². The van der Waals surface area contributed by atoms with Gasteiger partial charge in [-0.05, 0) is 31.5 Å². The molecule has 1 aromatic heterocycles. The van der Waals surface area contributed by atoms with Gasteiger partial charge in [0.15, 0.2) is 0 Å². The van der Waals surface area contributed by atoms with Crippen molar-refractivity contribution in [1.82, 2.24) is 15.5 Å². The third-order valence-corrected chi connectivity index (χ3v) is 3.30. The van der Waals surface area contributed by atoms with Crippen LogP contribution < -0.4 is 10.1 Å². The Morgan fingerprint density at radius 3 is 2.95 bits per heavy atom. The summed E-state index contributed by atoms with van der Waals surface area (Å²) in [5.41, 5.74) is 0.592. The topological polar surface area (TPSA) is 47.0 Å². The molecule has 0 saturated carbocycles. The predicted molar refractivity (Wildman–Crippen MR) is 73.1 cm³/mol. The van der Waals surface area contributed by atoms with Crippen molar-refractivity contribution in [3.05, 3.63) is 34.6 Å². The van der Waals surface area contributed by atoms with E-state index in [1.165, 1.54) is 17.4 Å². The van der Waals surface area contributed by atoms with E-state index in [4.69, 9.17) is 4.74 Å². The molecule has 0 saturated heterocycles. The molecule has 102 valence electrons. The normalized spacial score (nSPS) is 10.7. The Hall–Kier alpha value is -1.53. The van der Waals surface area contributed by atoms with Crippen molar-refractivity contribution in [3.8, 4) is 10.9 Å². The standard InChI is InChI=1S/C13H16FN3OS/c1-3-6-15-8-12-16-17-13(19-12)18-10-5-4-9(2)11(14)7-10/h4-5,7,15H,3,6,8H2,1-2H3. The van der Waals surface area contributed by atoms with Gasteiger partial charge >= 0.3 is 0 Å². The van der Waals surface area contributed by atoms with E-state index in [1.807, 2.05) is 0 Å². The lowest BCUT2D eigenvalue weighted by Crippen LogP contribution is -2.13. The number of hydrogen-bond acceptors (Lipinski definition) is 5. The first-order chi connectivity index (χ1) is 9.19. The number of benzene rings is 1. The van der Waals surface area contributed by atoms with Crippen LogP contribution in [0.25, 0.3) is 0 Å². The van der Waals surface area contributed by atoms with Gasteiger partial charge in [-0.1, -0.05) is 29.4 Å². The number of aromatic nitrogens is 2. The molecule has 1 N–H and O–H groups in total. The van der Waals surface area contributed by atoms with Gasteiger partial charge in [0, 0.05) is 12.6 Å². The maximum Gasteiger partial charge on any atom is 0.299 e. The van der Waals surface area contributed by atoms with Crippen molar-refractivity contribution >= 4 is 11.3 Å². The van der Waals surface area contributed by atoms with E-state index in [1.54, 1.807) is 19.1 Å². The summed E-state index contributed by atoms with van der Waals surface area (Å²) in [4.78, 5) is 0. The highest BCUT2D eigenvalue weighted by atomic mass is 32.1.